The molecule has 1 aliphatic carbocycles. The summed E-state index contributed by atoms with van der Waals surface area (Å²) >= 11 is 0. The van der Waals surface area contributed by atoms with Crippen LogP contribution >= 0.6 is 0 Å². The van der Waals surface area contributed by atoms with Gasteiger partial charge in [0.1, 0.15) is 17.4 Å². The van der Waals surface area contributed by atoms with Gasteiger partial charge in [-0.3, -0.25) is 4.79 Å². The van der Waals surface area contributed by atoms with Gasteiger partial charge >= 0.3 is 5.91 Å². The van der Waals surface area contributed by atoms with Gasteiger partial charge in [-0.05, 0) is 17.7 Å². The van der Waals surface area contributed by atoms with Crippen molar-refractivity contribution in [2.24, 2.45) is 17.8 Å². The monoisotopic (exact) mass is 430 g/mol. The summed E-state index contributed by atoms with van der Waals surface area (Å²) in [5, 5.41) is 11.4. The molecule has 0 aromatic heterocycles. The van der Waals surface area contributed by atoms with E-state index < -0.39 is 23.8 Å². The number of hydrogen-bond donors (Lipinski definition) is 1. The number of benzene rings is 2. The van der Waals surface area contributed by atoms with Gasteiger partial charge in [0.05, 0.1) is 6.10 Å². The number of quaternary nitrogens is 1. The van der Waals surface area contributed by atoms with Crippen LogP contribution < -0.4 is 4.48 Å². The molecule has 5 unspecified atom stereocenters. The SMILES string of the molecule is CC(C)C(=O)C1C(=O)[N+]2(c3ccccc3)C3=CC=CC=C(C1C(O)c1ccc(F)cc1)C32. The number of hydrogen-bond acceptors (Lipinski definition) is 3. The number of carbonyl (C=O) groups is 2. The van der Waals surface area contributed by atoms with E-state index in [0.717, 1.165) is 17.0 Å². The fraction of sp³-hybridized carbons (Fsp3) is 0.259. The lowest BCUT2D eigenvalue weighted by Crippen LogP contribution is -2.54. The number of halogens is 1. The van der Waals surface area contributed by atoms with Crippen LogP contribution in [0.2, 0.25) is 0 Å². The topological polar surface area (TPSA) is 54.4 Å². The first kappa shape index (κ1) is 20.7. The summed E-state index contributed by atoms with van der Waals surface area (Å²) in [6.45, 7) is 3.56. The van der Waals surface area contributed by atoms with Crippen molar-refractivity contribution in [2.45, 2.75) is 26.0 Å². The van der Waals surface area contributed by atoms with Gasteiger partial charge < -0.3 is 5.11 Å². The number of allylic oxidation sites excluding steroid dienone is 4. The lowest BCUT2D eigenvalue weighted by atomic mass is 9.71. The van der Waals surface area contributed by atoms with Gasteiger partial charge in [0.25, 0.3) is 0 Å². The third kappa shape index (κ3) is 2.81. The molecule has 2 aliphatic heterocycles. The van der Waals surface area contributed by atoms with E-state index in [1.807, 2.05) is 54.6 Å². The van der Waals surface area contributed by atoms with E-state index in [0.29, 0.717) is 5.56 Å². The normalized spacial score (nSPS) is 29.0. The minimum atomic E-state index is -1.11. The minimum Gasteiger partial charge on any atom is -0.388 e. The van der Waals surface area contributed by atoms with E-state index in [9.17, 15) is 19.1 Å². The first-order valence-electron chi connectivity index (χ1n) is 10.9. The zero-order valence-electron chi connectivity index (χ0n) is 18.0. The maximum atomic E-state index is 14.2. The van der Waals surface area contributed by atoms with Crippen molar-refractivity contribution < 1.29 is 19.1 Å². The van der Waals surface area contributed by atoms with Crippen LogP contribution in [0.1, 0.15) is 25.5 Å². The number of amides is 1. The smallest absolute Gasteiger partial charge is 0.335 e. The van der Waals surface area contributed by atoms with Crippen LogP contribution in [-0.4, -0.2) is 22.8 Å². The summed E-state index contributed by atoms with van der Waals surface area (Å²) < 4.78 is 13.5. The molecule has 1 amide bonds. The van der Waals surface area contributed by atoms with E-state index in [1.54, 1.807) is 13.8 Å². The molecule has 0 spiro atoms. The third-order valence-electron chi connectivity index (χ3n) is 6.94. The fourth-order valence-corrected chi connectivity index (χ4v) is 5.42. The van der Waals surface area contributed by atoms with Gasteiger partial charge in [-0.2, -0.15) is 4.48 Å². The Morgan fingerprint density at radius 1 is 1.00 bits per heavy atom. The second kappa shape index (κ2) is 7.47. The largest absolute Gasteiger partial charge is 0.388 e. The molecule has 2 fully saturated rings. The molecule has 5 heteroatoms. The fourth-order valence-electron chi connectivity index (χ4n) is 5.42. The summed E-state index contributed by atoms with van der Waals surface area (Å²) in [7, 11) is 0. The number of aliphatic hydroxyl groups excluding tert-OH is 1. The average molecular weight is 430 g/mol. The minimum absolute atomic E-state index is 0.00672. The summed E-state index contributed by atoms with van der Waals surface area (Å²) in [6, 6.07) is 14.9. The maximum Gasteiger partial charge on any atom is 0.335 e. The average Bonchev–Trinajstić information content (AvgIpc) is 3.52. The molecule has 32 heavy (non-hydrogen) atoms. The van der Waals surface area contributed by atoms with Crippen LogP contribution in [0.5, 0.6) is 0 Å². The Kier molecular flexibility index (Phi) is 4.84. The van der Waals surface area contributed by atoms with E-state index in [-0.39, 0.29) is 28.1 Å². The highest BCUT2D eigenvalue weighted by Crippen LogP contribution is 2.61. The lowest BCUT2D eigenvalue weighted by molar-refractivity contribution is -0.144. The maximum absolute atomic E-state index is 14.2. The van der Waals surface area contributed by atoms with Crippen molar-refractivity contribution in [2.75, 3.05) is 0 Å². The summed E-state index contributed by atoms with van der Waals surface area (Å²) in [5.41, 5.74) is 3.10. The highest BCUT2D eigenvalue weighted by molar-refractivity contribution is 6.13. The number of fused-ring (bicyclic) bond motifs is 1. The van der Waals surface area contributed by atoms with Crippen LogP contribution in [-0.2, 0) is 9.59 Å². The predicted octanol–water partition coefficient (Wildman–Crippen LogP) is 4.63. The van der Waals surface area contributed by atoms with Gasteiger partial charge in [0, 0.05) is 35.6 Å². The molecule has 0 radical (unpaired) electrons. The molecule has 1 N–H and O–H groups in total. The quantitative estimate of drug-likeness (QED) is 0.428. The Bertz CT molecular complexity index is 1180. The number of para-hydroxylation sites is 1. The molecule has 3 aliphatic rings. The Morgan fingerprint density at radius 2 is 1.66 bits per heavy atom. The van der Waals surface area contributed by atoms with Crippen molar-refractivity contribution in [3.8, 4) is 0 Å². The Morgan fingerprint density at radius 3 is 2.31 bits per heavy atom. The van der Waals surface area contributed by atoms with Crippen LogP contribution in [0, 0.1) is 23.6 Å². The van der Waals surface area contributed by atoms with E-state index >= 15 is 0 Å². The number of carbonyl (C=O) groups excluding carboxylic acids is 2. The second-order valence-corrected chi connectivity index (χ2v) is 9.00. The molecular weight excluding hydrogens is 405 g/mol. The molecule has 0 saturated carbocycles. The molecule has 4 nitrogen and oxygen atoms in total. The molecule has 5 atom stereocenters. The zero-order chi connectivity index (χ0) is 22.6. The van der Waals surface area contributed by atoms with Gasteiger partial charge in [-0.1, -0.05) is 62.4 Å². The summed E-state index contributed by atoms with van der Waals surface area (Å²) in [5.74, 6) is -2.88. The standard InChI is InChI=1S/C27H25FNO3/c1-16(2)25(30)23-22(26(31)17-12-14-18(28)15-13-17)20-10-6-7-11-21-24(20)29(21,27(23)32)19-8-4-3-5-9-19/h3-16,22-24,26,31H,1-2H3/q+1. The number of ketones is 1. The summed E-state index contributed by atoms with van der Waals surface area (Å²) in [6.07, 6.45) is 6.57. The molecule has 2 aromatic carbocycles. The molecule has 2 heterocycles. The van der Waals surface area contributed by atoms with Crippen LogP contribution in [0.4, 0.5) is 10.1 Å². The summed E-state index contributed by atoms with van der Waals surface area (Å²) in [4.78, 5) is 27.6. The van der Waals surface area contributed by atoms with Gasteiger partial charge in [-0.15, -0.1) is 0 Å². The van der Waals surface area contributed by atoms with Crippen molar-refractivity contribution in [1.82, 2.24) is 4.48 Å². The number of piperidine rings is 1. The second-order valence-electron chi connectivity index (χ2n) is 9.00. The Labute approximate surface area is 186 Å². The molecule has 2 aromatic rings. The first-order valence-corrected chi connectivity index (χ1v) is 10.9. The number of nitrogens with zero attached hydrogens (tertiary/aromatic N) is 1. The number of aliphatic hydroxyl groups is 1. The third-order valence-corrected chi connectivity index (χ3v) is 6.94. The van der Waals surface area contributed by atoms with Gasteiger partial charge in [0.15, 0.2) is 11.5 Å². The molecule has 162 valence electrons. The van der Waals surface area contributed by atoms with E-state index in [4.69, 9.17) is 0 Å². The Balaban J connectivity index is 1.70. The first-order chi connectivity index (χ1) is 15.4. The van der Waals surface area contributed by atoms with Crippen molar-refractivity contribution in [3.63, 3.8) is 0 Å². The van der Waals surface area contributed by atoms with Crippen LogP contribution in [0.3, 0.4) is 0 Å². The highest BCUT2D eigenvalue weighted by Gasteiger charge is 2.77. The van der Waals surface area contributed by atoms with Crippen molar-refractivity contribution >= 4 is 17.4 Å². The van der Waals surface area contributed by atoms with Crippen LogP contribution in [0.25, 0.3) is 0 Å². The zero-order valence-corrected chi connectivity index (χ0v) is 18.0. The van der Waals surface area contributed by atoms with Crippen LogP contribution in [0.15, 0.2) is 90.2 Å². The van der Waals surface area contributed by atoms with Gasteiger partial charge in [-0.25, -0.2) is 9.18 Å². The number of Topliss-reactive ketones (excluding diaryl/α,β-unsaturated/α-hetero) is 1. The van der Waals surface area contributed by atoms with E-state index in [1.165, 1.54) is 24.3 Å². The predicted molar refractivity (Wildman–Crippen MR) is 121 cm³/mol. The lowest BCUT2D eigenvalue weighted by Gasteiger charge is -2.37. The highest BCUT2D eigenvalue weighted by atomic mass is 19.1. The Hall–Kier alpha value is -3.15. The van der Waals surface area contributed by atoms with Crippen molar-refractivity contribution in [3.05, 3.63) is 102 Å². The van der Waals surface area contributed by atoms with Crippen molar-refractivity contribution in [1.29, 1.82) is 0 Å². The molecular formula is C27H25FNO3+. The molecule has 0 bridgehead atoms. The number of rotatable bonds is 5. The molecule has 2 saturated heterocycles. The molecule has 5 rings (SSSR count). The van der Waals surface area contributed by atoms with Gasteiger partial charge in [0.2, 0.25) is 6.04 Å². The van der Waals surface area contributed by atoms with E-state index in [2.05, 4.69) is 0 Å².